The zero-order valence-corrected chi connectivity index (χ0v) is 8.90. The molecule has 0 aliphatic rings. The van der Waals surface area contributed by atoms with Crippen LogP contribution in [0.2, 0.25) is 0 Å². The van der Waals surface area contributed by atoms with Crippen molar-refractivity contribution in [2.24, 2.45) is 7.05 Å². The number of imidazole rings is 1. The molecule has 0 unspecified atom stereocenters. The maximum atomic E-state index is 10.7. The Bertz CT molecular complexity index is 547. The summed E-state index contributed by atoms with van der Waals surface area (Å²) in [7, 11) is 1.59. The van der Waals surface area contributed by atoms with Gasteiger partial charge in [0.1, 0.15) is 11.5 Å². The van der Waals surface area contributed by atoms with Crippen molar-refractivity contribution in [2.75, 3.05) is 0 Å². The molecule has 1 heterocycles. The summed E-state index contributed by atoms with van der Waals surface area (Å²) >= 11 is 0. The quantitative estimate of drug-likeness (QED) is 0.647. The van der Waals surface area contributed by atoms with E-state index in [-0.39, 0.29) is 17.4 Å². The minimum atomic E-state index is -0.615. The number of hydrogen-bond donors (Lipinski definition) is 1. The minimum Gasteiger partial charge on any atom is -0.508 e. The second kappa shape index (κ2) is 4.12. The second-order valence-corrected chi connectivity index (χ2v) is 3.34. The molecule has 0 saturated heterocycles. The standard InChI is InChI=1S/C10H9N3O4/c1-12-6-11-9(13(15)16)10(12)17-8-4-2-7(14)3-5-8/h2-6,14H,1H3. The van der Waals surface area contributed by atoms with Crippen molar-refractivity contribution >= 4 is 5.82 Å². The van der Waals surface area contributed by atoms with Crippen LogP contribution in [-0.4, -0.2) is 19.6 Å². The number of ether oxygens (including phenoxy) is 1. The predicted octanol–water partition coefficient (Wildman–Crippen LogP) is 1.83. The molecule has 0 aliphatic carbocycles. The molecule has 0 radical (unpaired) electrons. The second-order valence-electron chi connectivity index (χ2n) is 3.34. The minimum absolute atomic E-state index is 0.0423. The molecule has 0 amide bonds. The van der Waals surface area contributed by atoms with Gasteiger partial charge in [-0.3, -0.25) is 4.57 Å². The molecule has 17 heavy (non-hydrogen) atoms. The number of nitrogens with zero attached hydrogens (tertiary/aromatic N) is 3. The van der Waals surface area contributed by atoms with Gasteiger partial charge in [-0.2, -0.15) is 0 Å². The lowest BCUT2D eigenvalue weighted by Crippen LogP contribution is -1.96. The van der Waals surface area contributed by atoms with Crippen LogP contribution in [0.25, 0.3) is 0 Å². The van der Waals surface area contributed by atoms with Crippen molar-refractivity contribution in [3.63, 3.8) is 0 Å². The zero-order valence-electron chi connectivity index (χ0n) is 8.90. The number of rotatable bonds is 3. The van der Waals surface area contributed by atoms with Gasteiger partial charge in [-0.05, 0) is 34.2 Å². The van der Waals surface area contributed by atoms with Crippen LogP contribution in [0.4, 0.5) is 5.82 Å². The van der Waals surface area contributed by atoms with E-state index in [1.165, 1.54) is 35.2 Å². The third-order valence-electron chi connectivity index (χ3n) is 2.09. The Balaban J connectivity index is 2.32. The molecule has 88 valence electrons. The molecule has 0 fully saturated rings. The maximum absolute atomic E-state index is 10.7. The van der Waals surface area contributed by atoms with Gasteiger partial charge in [0.2, 0.25) is 6.33 Å². The topological polar surface area (TPSA) is 90.4 Å². The molecule has 0 atom stereocenters. The summed E-state index contributed by atoms with van der Waals surface area (Å²) in [5, 5.41) is 19.8. The summed E-state index contributed by atoms with van der Waals surface area (Å²) in [6.45, 7) is 0. The molecule has 0 bridgehead atoms. The van der Waals surface area contributed by atoms with Crippen molar-refractivity contribution in [3.8, 4) is 17.4 Å². The molecule has 0 saturated carbocycles. The Morgan fingerprint density at radius 2 is 2.06 bits per heavy atom. The fraction of sp³-hybridized carbons (Fsp3) is 0.100. The van der Waals surface area contributed by atoms with E-state index in [2.05, 4.69) is 4.98 Å². The van der Waals surface area contributed by atoms with Crippen LogP contribution in [0.1, 0.15) is 0 Å². The molecule has 0 aliphatic heterocycles. The van der Waals surface area contributed by atoms with E-state index in [0.717, 1.165) is 0 Å². The maximum Gasteiger partial charge on any atom is 0.427 e. The summed E-state index contributed by atoms with van der Waals surface area (Å²) in [6, 6.07) is 5.87. The van der Waals surface area contributed by atoms with Crippen molar-refractivity contribution in [2.45, 2.75) is 0 Å². The van der Waals surface area contributed by atoms with Gasteiger partial charge in [0, 0.05) is 7.05 Å². The zero-order chi connectivity index (χ0) is 12.4. The van der Waals surface area contributed by atoms with Crippen molar-refractivity contribution < 1.29 is 14.8 Å². The van der Waals surface area contributed by atoms with Gasteiger partial charge in [-0.25, -0.2) is 0 Å². The predicted molar refractivity (Wildman–Crippen MR) is 58.0 cm³/mol. The Hall–Kier alpha value is -2.57. The number of phenolic OH excluding ortho intramolecular Hbond substituents is 1. The van der Waals surface area contributed by atoms with E-state index >= 15 is 0 Å². The van der Waals surface area contributed by atoms with Crippen LogP contribution in [0, 0.1) is 10.1 Å². The lowest BCUT2D eigenvalue weighted by molar-refractivity contribution is -0.390. The first-order valence-corrected chi connectivity index (χ1v) is 4.70. The lowest BCUT2D eigenvalue weighted by atomic mass is 10.3. The van der Waals surface area contributed by atoms with Crippen molar-refractivity contribution in [3.05, 3.63) is 40.7 Å². The number of phenols is 1. The lowest BCUT2D eigenvalue weighted by Gasteiger charge is -2.04. The van der Waals surface area contributed by atoms with Crippen molar-refractivity contribution in [1.82, 2.24) is 9.55 Å². The number of hydrogen-bond acceptors (Lipinski definition) is 5. The van der Waals surface area contributed by atoms with Gasteiger partial charge in [-0.1, -0.05) is 0 Å². The summed E-state index contributed by atoms with van der Waals surface area (Å²) in [5.41, 5.74) is 0. The number of nitro groups is 1. The Morgan fingerprint density at radius 1 is 1.41 bits per heavy atom. The number of aromatic nitrogens is 2. The van der Waals surface area contributed by atoms with Crippen LogP contribution in [0.15, 0.2) is 30.6 Å². The highest BCUT2D eigenvalue weighted by Gasteiger charge is 2.22. The van der Waals surface area contributed by atoms with E-state index in [1.54, 1.807) is 7.05 Å². The van der Waals surface area contributed by atoms with E-state index in [0.29, 0.717) is 5.75 Å². The smallest absolute Gasteiger partial charge is 0.427 e. The molecule has 2 rings (SSSR count). The van der Waals surface area contributed by atoms with E-state index in [9.17, 15) is 10.1 Å². The van der Waals surface area contributed by atoms with E-state index in [4.69, 9.17) is 9.84 Å². The monoisotopic (exact) mass is 235 g/mol. The SMILES string of the molecule is Cn1cnc([N+](=O)[O-])c1Oc1ccc(O)cc1. The van der Waals surface area contributed by atoms with Crippen LogP contribution in [-0.2, 0) is 7.05 Å². The summed E-state index contributed by atoms with van der Waals surface area (Å²) < 4.78 is 6.75. The molecule has 1 N–H and O–H groups in total. The van der Waals surface area contributed by atoms with Crippen LogP contribution >= 0.6 is 0 Å². The third kappa shape index (κ3) is 2.17. The summed E-state index contributed by atoms with van der Waals surface area (Å²) in [6.07, 6.45) is 1.30. The van der Waals surface area contributed by atoms with Crippen LogP contribution in [0.3, 0.4) is 0 Å². The average Bonchev–Trinajstić information content (AvgIpc) is 2.64. The summed E-state index contributed by atoms with van der Waals surface area (Å²) in [4.78, 5) is 13.7. The van der Waals surface area contributed by atoms with Gasteiger partial charge >= 0.3 is 11.7 Å². The Labute approximate surface area is 96.1 Å². The van der Waals surface area contributed by atoms with E-state index < -0.39 is 4.92 Å². The molecule has 7 heteroatoms. The van der Waals surface area contributed by atoms with Gasteiger partial charge < -0.3 is 20.0 Å². The van der Waals surface area contributed by atoms with Gasteiger partial charge in [0.05, 0.1) is 0 Å². The van der Waals surface area contributed by atoms with Crippen LogP contribution < -0.4 is 4.74 Å². The largest absolute Gasteiger partial charge is 0.508 e. The number of benzene rings is 1. The first kappa shape index (κ1) is 10.9. The third-order valence-corrected chi connectivity index (χ3v) is 2.09. The highest BCUT2D eigenvalue weighted by Crippen LogP contribution is 2.29. The molecule has 2 aromatic rings. The highest BCUT2D eigenvalue weighted by atomic mass is 16.6. The normalized spacial score (nSPS) is 10.2. The first-order valence-electron chi connectivity index (χ1n) is 4.70. The molecule has 0 spiro atoms. The van der Waals surface area contributed by atoms with E-state index in [1.807, 2.05) is 0 Å². The van der Waals surface area contributed by atoms with Gasteiger partial charge in [0.25, 0.3) is 0 Å². The fourth-order valence-corrected chi connectivity index (χ4v) is 1.28. The fourth-order valence-electron chi connectivity index (χ4n) is 1.28. The number of aromatic hydroxyl groups is 1. The van der Waals surface area contributed by atoms with Crippen LogP contribution in [0.5, 0.6) is 17.4 Å². The Morgan fingerprint density at radius 3 is 2.65 bits per heavy atom. The Kier molecular flexibility index (Phi) is 2.65. The molecule has 7 nitrogen and oxygen atoms in total. The molecular weight excluding hydrogens is 226 g/mol. The van der Waals surface area contributed by atoms with Gasteiger partial charge in [0.15, 0.2) is 0 Å². The summed E-state index contributed by atoms with van der Waals surface area (Å²) in [5.74, 6) is 0.174. The first-order chi connectivity index (χ1) is 8.08. The number of aryl methyl sites for hydroxylation is 1. The molecular formula is C10H9N3O4. The molecule has 1 aromatic heterocycles. The van der Waals surface area contributed by atoms with Gasteiger partial charge in [-0.15, -0.1) is 0 Å². The molecule has 1 aromatic carbocycles. The highest BCUT2D eigenvalue weighted by molar-refractivity contribution is 5.39. The van der Waals surface area contributed by atoms with Crippen molar-refractivity contribution in [1.29, 1.82) is 0 Å². The average molecular weight is 235 g/mol.